The van der Waals surface area contributed by atoms with Crippen LogP contribution in [-0.4, -0.2) is 54.7 Å². The minimum absolute atomic E-state index is 0.211. The summed E-state index contributed by atoms with van der Waals surface area (Å²) in [6.45, 7) is 9.83. The molecule has 3 aliphatic rings. The second kappa shape index (κ2) is 4.06. The normalized spacial score (nSPS) is 40.4. The zero-order valence-corrected chi connectivity index (χ0v) is 13.2. The van der Waals surface area contributed by atoms with Crippen LogP contribution in [0.2, 0.25) is 0 Å². The minimum atomic E-state index is -0.436. The lowest BCUT2D eigenvalue weighted by atomic mass is 9.64. The van der Waals surface area contributed by atoms with Gasteiger partial charge in [0.15, 0.2) is 0 Å². The molecule has 3 fully saturated rings. The fraction of sp³-hybridized carbons (Fsp3) is 0.875. The number of likely N-dealkylation sites (N-methyl/N-ethyl adjacent to an activating group) is 1. The first-order chi connectivity index (χ1) is 9.24. The van der Waals surface area contributed by atoms with Crippen molar-refractivity contribution < 1.29 is 9.59 Å². The summed E-state index contributed by atoms with van der Waals surface area (Å²) in [4.78, 5) is 29.8. The van der Waals surface area contributed by atoms with Gasteiger partial charge in [-0.05, 0) is 25.3 Å². The van der Waals surface area contributed by atoms with Gasteiger partial charge < -0.3 is 9.80 Å². The Labute approximate surface area is 121 Å². The number of carbonyl (C=O) groups excluding carboxylic acids is 2. The summed E-state index contributed by atoms with van der Waals surface area (Å²) in [5.74, 6) is 0.543. The molecule has 2 aliphatic carbocycles. The number of nitrogens with zero attached hydrogens (tertiary/aromatic N) is 2. The maximum Gasteiger partial charge on any atom is 0.229 e. The van der Waals surface area contributed by atoms with Crippen LogP contribution < -0.4 is 0 Å². The molecule has 1 amide bonds. The molecule has 0 aromatic carbocycles. The first-order valence-electron chi connectivity index (χ1n) is 7.76. The van der Waals surface area contributed by atoms with Gasteiger partial charge in [-0.15, -0.1) is 0 Å². The molecule has 0 N–H and O–H groups in total. The largest absolute Gasteiger partial charge is 0.340 e. The zero-order chi connectivity index (χ0) is 14.8. The van der Waals surface area contributed by atoms with Gasteiger partial charge in [0.1, 0.15) is 5.78 Å². The predicted octanol–water partition coefficient (Wildman–Crippen LogP) is 1.55. The molecule has 4 heteroatoms. The monoisotopic (exact) mass is 278 g/mol. The summed E-state index contributed by atoms with van der Waals surface area (Å²) in [5, 5.41) is 0. The van der Waals surface area contributed by atoms with Crippen molar-refractivity contribution in [2.45, 2.75) is 40.0 Å². The molecule has 2 bridgehead atoms. The van der Waals surface area contributed by atoms with E-state index in [-0.39, 0.29) is 16.7 Å². The lowest BCUT2D eigenvalue weighted by Gasteiger charge is -2.43. The highest BCUT2D eigenvalue weighted by Crippen LogP contribution is 2.70. The molecule has 0 aromatic rings. The van der Waals surface area contributed by atoms with E-state index in [1.165, 1.54) is 0 Å². The van der Waals surface area contributed by atoms with Crippen molar-refractivity contribution in [3.05, 3.63) is 0 Å². The van der Waals surface area contributed by atoms with E-state index in [0.717, 1.165) is 39.0 Å². The van der Waals surface area contributed by atoms with Crippen LogP contribution in [-0.2, 0) is 9.59 Å². The second-order valence-electron chi connectivity index (χ2n) is 7.73. The van der Waals surface area contributed by atoms with Crippen molar-refractivity contribution in [1.82, 2.24) is 9.80 Å². The second-order valence-corrected chi connectivity index (χ2v) is 7.73. The van der Waals surface area contributed by atoms with Crippen molar-refractivity contribution in [2.75, 3.05) is 33.2 Å². The van der Waals surface area contributed by atoms with Gasteiger partial charge in [0, 0.05) is 38.0 Å². The molecule has 0 unspecified atom stereocenters. The number of fused-ring (bicyclic) bond motifs is 2. The quantitative estimate of drug-likeness (QED) is 0.730. The Kier molecular flexibility index (Phi) is 2.85. The summed E-state index contributed by atoms with van der Waals surface area (Å²) in [6.07, 6.45) is 2.22. The minimum Gasteiger partial charge on any atom is -0.340 e. The zero-order valence-electron chi connectivity index (χ0n) is 13.2. The van der Waals surface area contributed by atoms with E-state index in [4.69, 9.17) is 0 Å². The van der Waals surface area contributed by atoms with Gasteiger partial charge in [0.25, 0.3) is 0 Å². The van der Waals surface area contributed by atoms with Gasteiger partial charge in [-0.3, -0.25) is 9.59 Å². The van der Waals surface area contributed by atoms with Gasteiger partial charge in [-0.1, -0.05) is 20.8 Å². The van der Waals surface area contributed by atoms with Crippen molar-refractivity contribution in [3.8, 4) is 0 Å². The maximum absolute atomic E-state index is 13.1. The Balaban J connectivity index is 1.90. The molecule has 0 aromatic heterocycles. The third-order valence-corrected chi connectivity index (χ3v) is 6.91. The lowest BCUT2D eigenvalue weighted by molar-refractivity contribution is -0.149. The first-order valence-corrected chi connectivity index (χ1v) is 7.76. The molecule has 3 rings (SSSR count). The number of amides is 1. The van der Waals surface area contributed by atoms with E-state index in [0.29, 0.717) is 12.2 Å². The van der Waals surface area contributed by atoms with E-state index in [1.54, 1.807) is 0 Å². The van der Waals surface area contributed by atoms with Crippen LogP contribution in [0.3, 0.4) is 0 Å². The fourth-order valence-electron chi connectivity index (χ4n) is 4.65. The summed E-state index contributed by atoms with van der Waals surface area (Å²) >= 11 is 0. The molecule has 0 radical (unpaired) electrons. The van der Waals surface area contributed by atoms with Gasteiger partial charge >= 0.3 is 0 Å². The van der Waals surface area contributed by atoms with Crippen LogP contribution in [0.1, 0.15) is 40.0 Å². The van der Waals surface area contributed by atoms with E-state index >= 15 is 0 Å². The Morgan fingerprint density at radius 2 is 1.65 bits per heavy atom. The third-order valence-electron chi connectivity index (χ3n) is 6.91. The van der Waals surface area contributed by atoms with Crippen molar-refractivity contribution in [2.24, 2.45) is 16.2 Å². The third kappa shape index (κ3) is 1.46. The van der Waals surface area contributed by atoms with E-state index in [2.05, 4.69) is 32.7 Å². The Bertz CT molecular complexity index is 465. The molecule has 112 valence electrons. The summed E-state index contributed by atoms with van der Waals surface area (Å²) in [6, 6.07) is 0. The average Bonchev–Trinajstić information content (AvgIpc) is 2.69. The van der Waals surface area contributed by atoms with E-state index in [9.17, 15) is 9.59 Å². The maximum atomic E-state index is 13.1. The Hall–Kier alpha value is -0.900. The molecule has 20 heavy (non-hydrogen) atoms. The topological polar surface area (TPSA) is 40.6 Å². The van der Waals surface area contributed by atoms with Crippen LogP contribution in [0.15, 0.2) is 0 Å². The van der Waals surface area contributed by atoms with Crippen LogP contribution in [0, 0.1) is 16.2 Å². The molecule has 2 atom stereocenters. The molecule has 1 aliphatic heterocycles. The standard InChI is InChI=1S/C16H26N2O2/c1-14(2)15(3)5-6-16(14,11-12(15)19)13(20)18-9-7-17(4)8-10-18/h5-11H2,1-4H3/t15-,16+/m1/s1. The summed E-state index contributed by atoms with van der Waals surface area (Å²) in [7, 11) is 2.09. The Morgan fingerprint density at radius 3 is 2.10 bits per heavy atom. The van der Waals surface area contributed by atoms with E-state index in [1.807, 2.05) is 4.90 Å². The smallest absolute Gasteiger partial charge is 0.229 e. The highest BCUT2D eigenvalue weighted by Gasteiger charge is 2.72. The highest BCUT2D eigenvalue weighted by molar-refractivity contribution is 5.99. The molecule has 4 nitrogen and oxygen atoms in total. The fourth-order valence-corrected chi connectivity index (χ4v) is 4.65. The molecular formula is C16H26N2O2. The number of carbonyl (C=O) groups is 2. The van der Waals surface area contributed by atoms with Gasteiger partial charge in [0.2, 0.25) is 5.91 Å². The Morgan fingerprint density at radius 1 is 1.05 bits per heavy atom. The van der Waals surface area contributed by atoms with Gasteiger partial charge in [-0.25, -0.2) is 0 Å². The number of piperazine rings is 1. The lowest BCUT2D eigenvalue weighted by Crippen LogP contribution is -2.54. The number of hydrogen-bond acceptors (Lipinski definition) is 3. The molecule has 1 saturated heterocycles. The molecule has 2 saturated carbocycles. The first kappa shape index (κ1) is 14.1. The van der Waals surface area contributed by atoms with Gasteiger partial charge in [-0.2, -0.15) is 0 Å². The van der Waals surface area contributed by atoms with Crippen molar-refractivity contribution in [1.29, 1.82) is 0 Å². The van der Waals surface area contributed by atoms with Crippen molar-refractivity contribution >= 4 is 11.7 Å². The van der Waals surface area contributed by atoms with Crippen LogP contribution in [0.25, 0.3) is 0 Å². The number of rotatable bonds is 1. The molecule has 0 spiro atoms. The molecule has 1 heterocycles. The predicted molar refractivity (Wildman–Crippen MR) is 77.3 cm³/mol. The highest BCUT2D eigenvalue weighted by atomic mass is 16.2. The van der Waals surface area contributed by atoms with Crippen LogP contribution in [0.5, 0.6) is 0 Å². The number of ketones is 1. The van der Waals surface area contributed by atoms with Crippen LogP contribution >= 0.6 is 0 Å². The van der Waals surface area contributed by atoms with Crippen molar-refractivity contribution in [3.63, 3.8) is 0 Å². The average molecular weight is 278 g/mol. The number of hydrogen-bond donors (Lipinski definition) is 0. The van der Waals surface area contributed by atoms with E-state index < -0.39 is 5.41 Å². The summed E-state index contributed by atoms with van der Waals surface area (Å²) in [5.41, 5.74) is -0.943. The SMILES string of the molecule is CN1CCN(C(=O)[C@]23CC[C@](C)(C(=O)C2)C3(C)C)CC1. The summed E-state index contributed by atoms with van der Waals surface area (Å²) < 4.78 is 0. The number of Topliss-reactive ketones (excluding diaryl/α,β-unsaturated/α-hetero) is 1. The molecular weight excluding hydrogens is 252 g/mol. The van der Waals surface area contributed by atoms with Crippen LogP contribution in [0.4, 0.5) is 0 Å². The van der Waals surface area contributed by atoms with Gasteiger partial charge in [0.05, 0.1) is 5.41 Å².